The van der Waals surface area contributed by atoms with E-state index in [9.17, 15) is 31.6 Å². The predicted octanol–water partition coefficient (Wildman–Crippen LogP) is 3.14. The first-order valence-corrected chi connectivity index (χ1v) is 12.8. The second-order valence-corrected chi connectivity index (χ2v) is 9.24. The van der Waals surface area contributed by atoms with Crippen molar-refractivity contribution < 1.29 is 4.42 Å². The van der Waals surface area contributed by atoms with E-state index in [0.29, 0.717) is 32.8 Å². The summed E-state index contributed by atoms with van der Waals surface area (Å²) in [6.45, 7) is 15.1. The van der Waals surface area contributed by atoms with E-state index in [0.717, 1.165) is 0 Å². The lowest BCUT2D eigenvalue weighted by atomic mass is 9.99. The number of rotatable bonds is 2. The molecule has 0 aliphatic rings. The molecular weight excluding hydrogens is 596 g/mol. The van der Waals surface area contributed by atoms with Gasteiger partial charge in [-0.15, -0.1) is 0 Å². The second-order valence-electron chi connectivity index (χ2n) is 9.24. The Kier molecular flexibility index (Phi) is 6.82. The monoisotopic (exact) mass is 602 g/mol. The second kappa shape index (κ2) is 11.2. The van der Waals surface area contributed by atoms with Gasteiger partial charge in [0.2, 0.25) is 0 Å². The molecule has 0 spiro atoms. The van der Waals surface area contributed by atoms with Crippen molar-refractivity contribution in [2.24, 2.45) is 0 Å². The largest absolute Gasteiger partial charge is 0.462 e. The summed E-state index contributed by atoms with van der Waals surface area (Å²) in [6.07, 6.45) is 4.16. The summed E-state index contributed by atoms with van der Waals surface area (Å²) < 4.78 is 5.72. The molecule has 0 aliphatic heterocycles. The Labute approximate surface area is 262 Å². The van der Waals surface area contributed by atoms with Crippen molar-refractivity contribution in [2.45, 2.75) is 0 Å². The molecule has 0 aliphatic carbocycles. The average molecular weight is 602 g/mol. The Morgan fingerprint density at radius 3 is 1.57 bits per heavy atom. The lowest BCUT2D eigenvalue weighted by Crippen LogP contribution is -2.12. The maximum atomic E-state index is 10.2. The van der Waals surface area contributed by atoms with Crippen molar-refractivity contribution in [3.8, 4) is 36.4 Å². The average Bonchev–Trinajstić information content (AvgIpc) is 3.62. The molecule has 0 atom stereocenters. The van der Waals surface area contributed by atoms with Crippen LogP contribution in [0.3, 0.4) is 0 Å². The van der Waals surface area contributed by atoms with Crippen LogP contribution < -0.4 is 10.4 Å². The first-order valence-electron chi connectivity index (χ1n) is 12.8. The van der Waals surface area contributed by atoms with E-state index in [2.05, 4.69) is 39.6 Å². The van der Waals surface area contributed by atoms with E-state index in [4.69, 9.17) is 17.6 Å². The number of hydrogen-bond donors (Lipinski definition) is 0. The highest BCUT2D eigenvalue weighted by molar-refractivity contribution is 6.21. The molecule has 6 rings (SSSR count). The fourth-order valence-electron chi connectivity index (χ4n) is 5.00. The van der Waals surface area contributed by atoms with E-state index >= 15 is 0 Å². The third-order valence-electron chi connectivity index (χ3n) is 6.91. The number of nitriles is 6. The maximum Gasteiger partial charge on any atom is 0.326 e. The van der Waals surface area contributed by atoms with Crippen LogP contribution in [0.15, 0.2) is 41.3 Å². The van der Waals surface area contributed by atoms with Crippen LogP contribution in [-0.2, 0) is 0 Å². The molecule has 0 unspecified atom stereocenters. The zero-order valence-electron chi connectivity index (χ0n) is 23.1. The lowest BCUT2D eigenvalue weighted by molar-refractivity contribution is 0.618. The third-order valence-corrected chi connectivity index (χ3v) is 6.91. The van der Waals surface area contributed by atoms with Gasteiger partial charge in [0, 0.05) is 39.0 Å². The third kappa shape index (κ3) is 4.38. The van der Waals surface area contributed by atoms with Crippen LogP contribution in [0, 0.1) is 81.1 Å². The van der Waals surface area contributed by atoms with Gasteiger partial charge in [-0.2, -0.15) is 41.5 Å². The molecule has 0 saturated heterocycles. The Balaban J connectivity index is 1.79. The minimum Gasteiger partial charge on any atom is -0.462 e. The number of benzene rings is 1. The summed E-state index contributed by atoms with van der Waals surface area (Å²) in [5, 5.41) is 60.2. The summed E-state index contributed by atoms with van der Waals surface area (Å²) >= 11 is 0. The summed E-state index contributed by atoms with van der Waals surface area (Å²) in [5.41, 5.74) is -0.235. The van der Waals surface area contributed by atoms with Crippen LogP contribution in [0.1, 0.15) is 34.2 Å². The summed E-state index contributed by atoms with van der Waals surface area (Å²) in [7, 11) is 0. The highest BCUT2D eigenvalue weighted by Gasteiger charge is 2.23. The highest BCUT2D eigenvalue weighted by Crippen LogP contribution is 2.33. The van der Waals surface area contributed by atoms with Crippen molar-refractivity contribution in [3.05, 3.63) is 104 Å². The van der Waals surface area contributed by atoms with Crippen LogP contribution in [0.2, 0.25) is 0 Å². The van der Waals surface area contributed by atoms with E-state index in [1.165, 1.54) is 18.7 Å². The van der Waals surface area contributed by atoms with Gasteiger partial charge in [0.05, 0.1) is 46.2 Å². The lowest BCUT2D eigenvalue weighted by Gasteiger charge is -2.08. The van der Waals surface area contributed by atoms with Crippen LogP contribution in [0.5, 0.6) is 0 Å². The molecule has 15 heteroatoms. The van der Waals surface area contributed by atoms with E-state index < -0.39 is 11.6 Å². The summed E-state index contributed by atoms with van der Waals surface area (Å²) in [6, 6.07) is 15.8. The van der Waals surface area contributed by atoms with Crippen molar-refractivity contribution in [1.29, 1.82) is 31.6 Å². The molecule has 47 heavy (non-hydrogen) atoms. The van der Waals surface area contributed by atoms with Crippen LogP contribution in [0.4, 0.5) is 11.6 Å². The molecule has 0 bridgehead atoms. The molecule has 210 valence electrons. The normalized spacial score (nSPS) is 11.5. The minimum absolute atomic E-state index is 0.157. The molecule has 5 heterocycles. The smallest absolute Gasteiger partial charge is 0.326 e. The fraction of sp³-hybridized carbons (Fsp3) is 0. The molecule has 0 amide bonds. The fourth-order valence-corrected chi connectivity index (χ4v) is 5.00. The van der Waals surface area contributed by atoms with Gasteiger partial charge in [-0.3, -0.25) is 9.97 Å². The molecule has 1 aromatic carbocycles. The first-order chi connectivity index (χ1) is 22.9. The topological polar surface area (TPSA) is 242 Å². The van der Waals surface area contributed by atoms with Crippen molar-refractivity contribution in [2.75, 3.05) is 0 Å². The molecule has 0 saturated carbocycles. The number of fused-ring (bicyclic) bond motifs is 6. The maximum absolute atomic E-state index is 10.2. The number of pyridine rings is 2. The van der Waals surface area contributed by atoms with E-state index in [-0.39, 0.29) is 55.7 Å². The molecule has 0 radical (unpaired) electrons. The predicted molar refractivity (Wildman–Crippen MR) is 158 cm³/mol. The molecule has 15 nitrogen and oxygen atoms in total. The Morgan fingerprint density at radius 2 is 1.13 bits per heavy atom. The zero-order valence-corrected chi connectivity index (χ0v) is 23.1. The van der Waals surface area contributed by atoms with Gasteiger partial charge in [-0.25, -0.2) is 0 Å². The van der Waals surface area contributed by atoms with Crippen molar-refractivity contribution >= 4 is 55.6 Å². The van der Waals surface area contributed by atoms with Crippen LogP contribution >= 0.6 is 0 Å². The quantitative estimate of drug-likeness (QED) is 0.204. The van der Waals surface area contributed by atoms with E-state index in [1.807, 2.05) is 24.3 Å². The van der Waals surface area contributed by atoms with Gasteiger partial charge in [0.15, 0.2) is 17.7 Å². The van der Waals surface area contributed by atoms with Gasteiger partial charge in [0.25, 0.3) is 11.6 Å². The number of hydrogen-bond acceptors (Lipinski definition) is 13. The van der Waals surface area contributed by atoms with Gasteiger partial charge in [-0.05, 0) is 18.2 Å². The number of aromatic nitrogens is 6. The standard InChI is InChI=1S/C32H6N14O/c1-39-31-26(22(9-35)43-24(11-37)45-31)20(7-33)15-5-18-19-6-16(14-42-29(19)30-17(3-4-47-30)28(18)41-13-15)21(8-34)27-23(10-36)44-25(12-38)46-32(27)40-2/h3-6,13-14H/b20-15-,21-16-. The molecule has 0 fully saturated rings. The summed E-state index contributed by atoms with van der Waals surface area (Å²) in [5.74, 6) is -1.56. The SMILES string of the molecule is [C-]#[N+]c1nc(C#N)nc(C#N)c1/C(C#N)=c1\cnc2c(c1)c1c/c(=C(\C#N)c3c(C#N)nc(C#N)nc3[N+]#[C-])cnc1c1occc21. The van der Waals surface area contributed by atoms with Gasteiger partial charge < -0.3 is 14.1 Å². The Morgan fingerprint density at radius 1 is 0.638 bits per heavy atom. The van der Waals surface area contributed by atoms with E-state index in [1.54, 1.807) is 30.3 Å². The van der Waals surface area contributed by atoms with Crippen LogP contribution in [0.25, 0.3) is 53.6 Å². The first kappa shape index (κ1) is 28.5. The molecule has 5 aromatic heterocycles. The molecule has 0 N–H and O–H groups in total. The number of nitrogens with zero attached hydrogens (tertiary/aromatic N) is 14. The molecular formula is C32H6N14O. The Hall–Kier alpha value is -8.60. The van der Waals surface area contributed by atoms with Crippen LogP contribution in [-0.4, -0.2) is 29.9 Å². The zero-order chi connectivity index (χ0) is 33.2. The number of furan rings is 1. The van der Waals surface area contributed by atoms with Gasteiger partial charge in [0.1, 0.15) is 29.0 Å². The van der Waals surface area contributed by atoms with Crippen molar-refractivity contribution in [1.82, 2.24) is 29.9 Å². The summed E-state index contributed by atoms with van der Waals surface area (Å²) in [4.78, 5) is 31.2. The Bertz CT molecular complexity index is 2630. The van der Waals surface area contributed by atoms with Gasteiger partial charge >= 0.3 is 11.6 Å². The van der Waals surface area contributed by atoms with Crippen molar-refractivity contribution in [3.63, 3.8) is 0 Å². The highest BCUT2D eigenvalue weighted by atomic mass is 16.3. The van der Waals surface area contributed by atoms with Gasteiger partial charge in [-0.1, -0.05) is 23.1 Å². The molecule has 6 aromatic rings. The minimum atomic E-state index is -0.409.